The topological polar surface area (TPSA) is 34.1 Å². The Morgan fingerprint density at radius 2 is 2.12 bits per heavy atom. The van der Waals surface area contributed by atoms with Crippen LogP contribution in [0.25, 0.3) is 0 Å². The van der Waals surface area contributed by atoms with Crippen LogP contribution in [0.4, 0.5) is 0 Å². The van der Waals surface area contributed by atoms with Crippen LogP contribution >= 0.6 is 0 Å². The van der Waals surface area contributed by atoms with Crippen molar-refractivity contribution in [2.45, 2.75) is 45.7 Å². The maximum Gasteiger partial charge on any atom is 0.137 e. The van der Waals surface area contributed by atoms with Crippen molar-refractivity contribution in [1.82, 2.24) is 10.3 Å². The van der Waals surface area contributed by atoms with E-state index < -0.39 is 0 Å². The normalized spacial score (nSPS) is 15.9. The van der Waals surface area contributed by atoms with E-state index >= 15 is 0 Å². The van der Waals surface area contributed by atoms with Crippen LogP contribution in [0.3, 0.4) is 0 Å². The van der Waals surface area contributed by atoms with Gasteiger partial charge in [0, 0.05) is 12.1 Å². The summed E-state index contributed by atoms with van der Waals surface area (Å²) in [6, 6.07) is 4.04. The minimum Gasteiger partial charge on any atom is -0.492 e. The van der Waals surface area contributed by atoms with Gasteiger partial charge >= 0.3 is 0 Å². The lowest BCUT2D eigenvalue weighted by atomic mass is 10.1. The van der Waals surface area contributed by atoms with E-state index in [1.807, 2.05) is 18.3 Å². The molecule has 1 N–H and O–H groups in total. The predicted molar refractivity (Wildman–Crippen MR) is 69.0 cm³/mol. The number of hydrogen-bond acceptors (Lipinski definition) is 3. The van der Waals surface area contributed by atoms with Gasteiger partial charge in [-0.25, -0.2) is 0 Å². The Morgan fingerprint density at radius 3 is 2.65 bits per heavy atom. The van der Waals surface area contributed by atoms with Gasteiger partial charge in [0.2, 0.25) is 0 Å². The number of ether oxygens (including phenoxy) is 1. The van der Waals surface area contributed by atoms with E-state index in [-0.39, 0.29) is 5.54 Å². The van der Waals surface area contributed by atoms with Gasteiger partial charge in [-0.15, -0.1) is 0 Å². The van der Waals surface area contributed by atoms with E-state index in [1.165, 1.54) is 12.8 Å². The van der Waals surface area contributed by atoms with Crippen molar-refractivity contribution in [3.63, 3.8) is 0 Å². The molecular formula is C14H22N2O. The quantitative estimate of drug-likeness (QED) is 0.850. The van der Waals surface area contributed by atoms with Crippen molar-refractivity contribution >= 4 is 0 Å². The molecule has 0 saturated heterocycles. The summed E-state index contributed by atoms with van der Waals surface area (Å²) in [7, 11) is 0. The molecule has 1 fully saturated rings. The zero-order chi connectivity index (χ0) is 12.3. The molecule has 94 valence electrons. The lowest BCUT2D eigenvalue weighted by Crippen LogP contribution is -2.35. The largest absolute Gasteiger partial charge is 0.492 e. The van der Waals surface area contributed by atoms with Gasteiger partial charge in [-0.2, -0.15) is 0 Å². The molecule has 1 aromatic rings. The standard InChI is InChI=1S/C14H22N2O/c1-14(2,3)16-8-12-6-7-13(9-15-12)17-10-11-4-5-11/h6-7,9,11,16H,4-5,8,10H2,1-3H3. The van der Waals surface area contributed by atoms with E-state index in [0.717, 1.165) is 30.5 Å². The van der Waals surface area contributed by atoms with Crippen LogP contribution in [0, 0.1) is 5.92 Å². The van der Waals surface area contributed by atoms with Gasteiger partial charge in [0.15, 0.2) is 0 Å². The van der Waals surface area contributed by atoms with Crippen LogP contribution in [0.1, 0.15) is 39.3 Å². The molecule has 2 rings (SSSR count). The maximum absolute atomic E-state index is 5.65. The first-order valence-corrected chi connectivity index (χ1v) is 6.36. The van der Waals surface area contributed by atoms with E-state index in [0.29, 0.717) is 0 Å². The highest BCUT2D eigenvalue weighted by atomic mass is 16.5. The Labute approximate surface area is 104 Å². The number of nitrogens with zero attached hydrogens (tertiary/aromatic N) is 1. The van der Waals surface area contributed by atoms with Crippen molar-refractivity contribution in [2.75, 3.05) is 6.61 Å². The lowest BCUT2D eigenvalue weighted by molar-refractivity contribution is 0.298. The van der Waals surface area contributed by atoms with Gasteiger partial charge in [0.05, 0.1) is 18.5 Å². The van der Waals surface area contributed by atoms with Crippen molar-refractivity contribution in [2.24, 2.45) is 5.92 Å². The molecule has 1 heterocycles. The number of aromatic nitrogens is 1. The van der Waals surface area contributed by atoms with Gasteiger partial charge in [-0.1, -0.05) is 0 Å². The molecule has 1 saturated carbocycles. The molecular weight excluding hydrogens is 212 g/mol. The monoisotopic (exact) mass is 234 g/mol. The SMILES string of the molecule is CC(C)(C)NCc1ccc(OCC2CC2)cn1. The average Bonchev–Trinajstić information content (AvgIpc) is 3.08. The van der Waals surface area contributed by atoms with Crippen LogP contribution in [0.5, 0.6) is 5.75 Å². The summed E-state index contributed by atoms with van der Waals surface area (Å²) in [4.78, 5) is 4.39. The maximum atomic E-state index is 5.65. The second-order valence-corrected chi connectivity index (χ2v) is 5.84. The zero-order valence-electron chi connectivity index (χ0n) is 11.0. The fraction of sp³-hybridized carbons (Fsp3) is 0.643. The van der Waals surface area contributed by atoms with Crippen LogP contribution in [-0.4, -0.2) is 17.1 Å². The summed E-state index contributed by atoms with van der Waals surface area (Å²) in [5.41, 5.74) is 1.18. The van der Waals surface area contributed by atoms with Crippen LogP contribution < -0.4 is 10.1 Å². The van der Waals surface area contributed by atoms with Crippen molar-refractivity contribution in [3.05, 3.63) is 24.0 Å². The number of hydrogen-bond donors (Lipinski definition) is 1. The minimum absolute atomic E-state index is 0.128. The van der Waals surface area contributed by atoms with Gasteiger partial charge < -0.3 is 10.1 Å². The molecule has 0 amide bonds. The van der Waals surface area contributed by atoms with Crippen molar-refractivity contribution in [1.29, 1.82) is 0 Å². The Kier molecular flexibility index (Phi) is 3.67. The first-order valence-electron chi connectivity index (χ1n) is 6.36. The Hall–Kier alpha value is -1.09. The summed E-state index contributed by atoms with van der Waals surface area (Å²) >= 11 is 0. The molecule has 1 aliphatic rings. The van der Waals surface area contributed by atoms with Gasteiger partial charge in [-0.05, 0) is 51.7 Å². The zero-order valence-corrected chi connectivity index (χ0v) is 11.0. The van der Waals surface area contributed by atoms with Crippen molar-refractivity contribution in [3.8, 4) is 5.75 Å². The third-order valence-electron chi connectivity index (χ3n) is 2.78. The average molecular weight is 234 g/mol. The third-order valence-corrected chi connectivity index (χ3v) is 2.78. The summed E-state index contributed by atoms with van der Waals surface area (Å²) < 4.78 is 5.65. The van der Waals surface area contributed by atoms with Gasteiger partial charge in [-0.3, -0.25) is 4.98 Å². The smallest absolute Gasteiger partial charge is 0.137 e. The molecule has 0 bridgehead atoms. The summed E-state index contributed by atoms with van der Waals surface area (Å²) in [5.74, 6) is 1.67. The lowest BCUT2D eigenvalue weighted by Gasteiger charge is -2.20. The molecule has 1 aliphatic carbocycles. The highest BCUT2D eigenvalue weighted by molar-refractivity contribution is 5.20. The first-order chi connectivity index (χ1) is 8.03. The number of nitrogens with one attached hydrogen (secondary N) is 1. The highest BCUT2D eigenvalue weighted by Gasteiger charge is 2.21. The van der Waals surface area contributed by atoms with Gasteiger partial charge in [0.25, 0.3) is 0 Å². The van der Waals surface area contributed by atoms with E-state index in [9.17, 15) is 0 Å². The molecule has 17 heavy (non-hydrogen) atoms. The highest BCUT2D eigenvalue weighted by Crippen LogP contribution is 2.29. The number of rotatable bonds is 5. The second kappa shape index (κ2) is 5.05. The molecule has 1 aromatic heterocycles. The van der Waals surface area contributed by atoms with Crippen LogP contribution in [0.15, 0.2) is 18.3 Å². The van der Waals surface area contributed by atoms with Crippen molar-refractivity contribution < 1.29 is 4.74 Å². The molecule has 3 nitrogen and oxygen atoms in total. The first kappa shape index (κ1) is 12.4. The molecule has 0 spiro atoms. The summed E-state index contributed by atoms with van der Waals surface area (Å²) in [5, 5.41) is 3.41. The molecule has 0 unspecified atom stereocenters. The fourth-order valence-corrected chi connectivity index (χ4v) is 1.46. The molecule has 0 aliphatic heterocycles. The second-order valence-electron chi connectivity index (χ2n) is 5.84. The third kappa shape index (κ3) is 4.73. The molecule has 0 atom stereocenters. The minimum atomic E-state index is 0.128. The number of pyridine rings is 1. The Morgan fingerprint density at radius 1 is 1.35 bits per heavy atom. The Bertz CT molecular complexity index is 349. The predicted octanol–water partition coefficient (Wildman–Crippen LogP) is 2.76. The van der Waals surface area contributed by atoms with E-state index in [2.05, 4.69) is 31.1 Å². The molecule has 0 radical (unpaired) electrons. The van der Waals surface area contributed by atoms with E-state index in [4.69, 9.17) is 4.74 Å². The van der Waals surface area contributed by atoms with Crippen LogP contribution in [-0.2, 0) is 6.54 Å². The summed E-state index contributed by atoms with van der Waals surface area (Å²) in [6.45, 7) is 8.11. The molecule has 3 heteroatoms. The fourth-order valence-electron chi connectivity index (χ4n) is 1.46. The Balaban J connectivity index is 1.79. The molecule has 0 aromatic carbocycles. The van der Waals surface area contributed by atoms with E-state index in [1.54, 1.807) is 0 Å². The summed E-state index contributed by atoms with van der Waals surface area (Å²) in [6.07, 6.45) is 4.46. The van der Waals surface area contributed by atoms with Gasteiger partial charge in [0.1, 0.15) is 5.75 Å². The van der Waals surface area contributed by atoms with Crippen LogP contribution in [0.2, 0.25) is 0 Å².